The Kier molecular flexibility index (Phi) is 5.54. The molecule has 1 heterocycles. The molecule has 1 aliphatic heterocycles. The van der Waals surface area contributed by atoms with Gasteiger partial charge in [-0.2, -0.15) is 8.42 Å². The normalized spacial score (nSPS) is 18.2. The molecule has 0 amide bonds. The van der Waals surface area contributed by atoms with Crippen molar-refractivity contribution in [3.05, 3.63) is 35.9 Å². The topological polar surface area (TPSA) is 75.4 Å². The van der Waals surface area contributed by atoms with Crippen molar-refractivity contribution in [2.75, 3.05) is 19.6 Å². The maximum Gasteiger partial charge on any atom is 0.274 e. The monoisotopic (exact) mass is 297 g/mol. The van der Waals surface area contributed by atoms with Crippen LogP contribution in [-0.4, -0.2) is 33.0 Å². The number of nitrogens with two attached hydrogens (primary N) is 1. The van der Waals surface area contributed by atoms with Crippen LogP contribution in [0.4, 0.5) is 0 Å². The molecule has 0 bridgehead atoms. The van der Waals surface area contributed by atoms with Gasteiger partial charge in [0.15, 0.2) is 0 Å². The van der Waals surface area contributed by atoms with E-state index in [4.69, 9.17) is 5.14 Å². The largest absolute Gasteiger partial charge is 0.299 e. The number of benzene rings is 1. The van der Waals surface area contributed by atoms with E-state index in [1.54, 1.807) is 0 Å². The Bertz CT molecular complexity index is 496. The summed E-state index contributed by atoms with van der Waals surface area (Å²) in [6, 6.07) is 10.5. The highest BCUT2D eigenvalue weighted by Gasteiger charge is 2.19. The van der Waals surface area contributed by atoms with Crippen molar-refractivity contribution >= 4 is 10.2 Å². The zero-order chi connectivity index (χ0) is 14.4. The van der Waals surface area contributed by atoms with Crippen molar-refractivity contribution in [3.8, 4) is 0 Å². The molecule has 0 spiro atoms. The van der Waals surface area contributed by atoms with Crippen molar-refractivity contribution in [3.63, 3.8) is 0 Å². The first kappa shape index (κ1) is 15.4. The molecule has 5 nitrogen and oxygen atoms in total. The summed E-state index contributed by atoms with van der Waals surface area (Å²) in [5, 5.41) is 4.91. The molecule has 0 aromatic heterocycles. The highest BCUT2D eigenvalue weighted by atomic mass is 32.2. The fraction of sp³-hybridized carbons (Fsp3) is 0.571. The second-order valence-corrected chi connectivity index (χ2v) is 6.81. The van der Waals surface area contributed by atoms with Gasteiger partial charge in [-0.05, 0) is 43.8 Å². The van der Waals surface area contributed by atoms with Crippen LogP contribution in [0.1, 0.15) is 24.8 Å². The molecule has 2 rings (SSSR count). The molecule has 0 aliphatic carbocycles. The summed E-state index contributed by atoms with van der Waals surface area (Å²) in [5.41, 5.74) is 1.35. The lowest BCUT2D eigenvalue weighted by molar-refractivity contribution is 0.173. The minimum atomic E-state index is -3.54. The van der Waals surface area contributed by atoms with Crippen LogP contribution < -0.4 is 9.86 Å². The average Bonchev–Trinajstić information content (AvgIpc) is 2.41. The number of piperidine rings is 1. The summed E-state index contributed by atoms with van der Waals surface area (Å²) in [5.74, 6) is 0.594. The lowest BCUT2D eigenvalue weighted by Crippen LogP contribution is -2.36. The molecule has 1 aliphatic rings. The Morgan fingerprint density at radius 3 is 2.45 bits per heavy atom. The van der Waals surface area contributed by atoms with Crippen molar-refractivity contribution in [2.24, 2.45) is 11.1 Å². The predicted octanol–water partition coefficient (Wildman–Crippen LogP) is 1.08. The smallest absolute Gasteiger partial charge is 0.274 e. The number of hydrogen-bond acceptors (Lipinski definition) is 3. The first-order valence-electron chi connectivity index (χ1n) is 7.06. The summed E-state index contributed by atoms with van der Waals surface area (Å²) in [4.78, 5) is 2.46. The Morgan fingerprint density at radius 2 is 1.85 bits per heavy atom. The first-order chi connectivity index (χ1) is 9.53. The third-order valence-corrected chi connectivity index (χ3v) is 4.42. The van der Waals surface area contributed by atoms with Gasteiger partial charge in [-0.1, -0.05) is 30.3 Å². The second kappa shape index (κ2) is 7.17. The van der Waals surface area contributed by atoms with Crippen LogP contribution in [-0.2, 0) is 16.8 Å². The van der Waals surface area contributed by atoms with Crippen LogP contribution in [0.2, 0.25) is 0 Å². The predicted molar refractivity (Wildman–Crippen MR) is 80.2 cm³/mol. The van der Waals surface area contributed by atoms with Crippen LogP contribution in [0.3, 0.4) is 0 Å². The molecule has 1 aromatic rings. The number of nitrogens with zero attached hydrogens (tertiary/aromatic N) is 1. The van der Waals surface area contributed by atoms with Gasteiger partial charge < -0.3 is 0 Å². The molecule has 1 aromatic carbocycles. The molecule has 0 unspecified atom stereocenters. The second-order valence-electron chi connectivity index (χ2n) is 5.43. The number of rotatable bonds is 6. The fourth-order valence-corrected chi connectivity index (χ4v) is 3.08. The Labute approximate surface area is 121 Å². The van der Waals surface area contributed by atoms with Crippen LogP contribution in [0.25, 0.3) is 0 Å². The molecule has 1 fully saturated rings. The third kappa shape index (κ3) is 5.58. The highest BCUT2D eigenvalue weighted by Crippen LogP contribution is 2.21. The van der Waals surface area contributed by atoms with Crippen molar-refractivity contribution in [2.45, 2.75) is 25.8 Å². The first-order valence-corrected chi connectivity index (χ1v) is 8.61. The van der Waals surface area contributed by atoms with E-state index >= 15 is 0 Å². The van der Waals surface area contributed by atoms with Crippen LogP contribution in [0, 0.1) is 5.92 Å². The van der Waals surface area contributed by atoms with Gasteiger partial charge in [0.2, 0.25) is 0 Å². The van der Waals surface area contributed by atoms with E-state index in [1.807, 2.05) is 6.07 Å². The van der Waals surface area contributed by atoms with E-state index in [0.29, 0.717) is 12.5 Å². The maximum atomic E-state index is 10.8. The van der Waals surface area contributed by atoms with Crippen LogP contribution in [0.5, 0.6) is 0 Å². The number of likely N-dealkylation sites (tertiary alicyclic amines) is 1. The van der Waals surface area contributed by atoms with Crippen molar-refractivity contribution in [1.29, 1.82) is 0 Å². The van der Waals surface area contributed by atoms with E-state index in [2.05, 4.69) is 33.9 Å². The van der Waals surface area contributed by atoms with E-state index < -0.39 is 10.2 Å². The van der Waals surface area contributed by atoms with Gasteiger partial charge in [0.05, 0.1) is 0 Å². The molecule has 3 N–H and O–H groups in total. The molecule has 0 radical (unpaired) electrons. The third-order valence-electron chi connectivity index (χ3n) is 3.81. The molecular formula is C14H23N3O2S. The SMILES string of the molecule is NS(=O)(=O)NCCC1CCN(Cc2ccccc2)CC1. The zero-order valence-corrected chi connectivity index (χ0v) is 12.5. The van der Waals surface area contributed by atoms with E-state index in [-0.39, 0.29) is 0 Å². The van der Waals surface area contributed by atoms with Gasteiger partial charge in [0.25, 0.3) is 10.2 Å². The Morgan fingerprint density at radius 1 is 1.20 bits per heavy atom. The summed E-state index contributed by atoms with van der Waals surface area (Å²) in [6.45, 7) is 3.61. The quantitative estimate of drug-likeness (QED) is 0.825. The minimum Gasteiger partial charge on any atom is -0.299 e. The fourth-order valence-electron chi connectivity index (χ4n) is 2.68. The van der Waals surface area contributed by atoms with Gasteiger partial charge in [-0.25, -0.2) is 9.86 Å². The lowest BCUT2D eigenvalue weighted by Gasteiger charge is -2.32. The molecule has 6 heteroatoms. The molecule has 20 heavy (non-hydrogen) atoms. The van der Waals surface area contributed by atoms with Crippen LogP contribution >= 0.6 is 0 Å². The molecule has 1 saturated heterocycles. The molecule has 0 saturated carbocycles. The average molecular weight is 297 g/mol. The van der Waals surface area contributed by atoms with Gasteiger partial charge in [0.1, 0.15) is 0 Å². The maximum absolute atomic E-state index is 10.8. The summed E-state index contributed by atoms with van der Waals surface area (Å²) in [6.07, 6.45) is 3.12. The van der Waals surface area contributed by atoms with Gasteiger partial charge >= 0.3 is 0 Å². The Hall–Kier alpha value is -0.950. The van der Waals surface area contributed by atoms with Gasteiger partial charge in [-0.15, -0.1) is 0 Å². The van der Waals surface area contributed by atoms with E-state index in [1.165, 1.54) is 5.56 Å². The van der Waals surface area contributed by atoms with E-state index in [0.717, 1.165) is 38.9 Å². The van der Waals surface area contributed by atoms with Gasteiger partial charge in [-0.3, -0.25) is 4.90 Å². The minimum absolute atomic E-state index is 0.447. The zero-order valence-electron chi connectivity index (χ0n) is 11.7. The lowest BCUT2D eigenvalue weighted by atomic mass is 9.93. The number of nitrogens with one attached hydrogen (secondary N) is 1. The van der Waals surface area contributed by atoms with Crippen molar-refractivity contribution in [1.82, 2.24) is 9.62 Å². The molecule has 112 valence electrons. The highest BCUT2D eigenvalue weighted by molar-refractivity contribution is 7.87. The standard InChI is InChI=1S/C14H23N3O2S/c15-20(18,19)16-9-6-13-7-10-17(11-8-13)12-14-4-2-1-3-5-14/h1-5,13,16H,6-12H2,(H2,15,18,19). The summed E-state index contributed by atoms with van der Waals surface area (Å²) < 4.78 is 23.9. The number of hydrogen-bond donors (Lipinski definition) is 2. The van der Waals surface area contributed by atoms with Gasteiger partial charge in [0, 0.05) is 13.1 Å². The van der Waals surface area contributed by atoms with Crippen LogP contribution in [0.15, 0.2) is 30.3 Å². The Balaban J connectivity index is 1.67. The molecule has 0 atom stereocenters. The van der Waals surface area contributed by atoms with Crippen molar-refractivity contribution < 1.29 is 8.42 Å². The van der Waals surface area contributed by atoms with E-state index in [9.17, 15) is 8.42 Å². The molecular weight excluding hydrogens is 274 g/mol. The summed E-state index contributed by atoms with van der Waals surface area (Å²) >= 11 is 0. The summed E-state index contributed by atoms with van der Waals surface area (Å²) in [7, 11) is -3.54.